The van der Waals surface area contributed by atoms with Crippen LogP contribution in [0.4, 0.5) is 10.1 Å². The van der Waals surface area contributed by atoms with E-state index in [9.17, 15) is 9.18 Å². The Morgan fingerprint density at radius 1 is 1.44 bits per heavy atom. The Labute approximate surface area is 116 Å². The lowest BCUT2D eigenvalue weighted by Gasteiger charge is -2.22. The number of benzene rings is 1. The van der Waals surface area contributed by atoms with Gasteiger partial charge < -0.3 is 10.6 Å². The lowest BCUT2D eigenvalue weighted by molar-refractivity contribution is -0.118. The Balaban J connectivity index is 0.00000162. The van der Waals surface area contributed by atoms with Gasteiger partial charge in [-0.3, -0.25) is 4.79 Å². The lowest BCUT2D eigenvalue weighted by atomic mass is 10.0. The van der Waals surface area contributed by atoms with E-state index in [0.29, 0.717) is 5.69 Å². The van der Waals surface area contributed by atoms with Crippen LogP contribution in [0, 0.1) is 5.82 Å². The third kappa shape index (κ3) is 3.83. The molecular formula is C12H15Cl2FN2O. The maximum absolute atomic E-state index is 13.2. The zero-order valence-electron chi connectivity index (χ0n) is 9.71. The molecule has 0 radical (unpaired) electrons. The SMILES string of the molecule is Cl.O=C(Nc1ccc(Cl)c(F)c1)C1CCCCN1. The van der Waals surface area contributed by atoms with Gasteiger partial charge in [-0.25, -0.2) is 4.39 Å². The van der Waals surface area contributed by atoms with Crippen LogP contribution in [0.1, 0.15) is 19.3 Å². The summed E-state index contributed by atoms with van der Waals surface area (Å²) in [6.07, 6.45) is 2.96. The highest BCUT2D eigenvalue weighted by Gasteiger charge is 2.20. The molecule has 2 rings (SSSR count). The molecule has 1 aliphatic rings. The van der Waals surface area contributed by atoms with Gasteiger partial charge in [0, 0.05) is 5.69 Å². The molecule has 1 heterocycles. The first kappa shape index (κ1) is 15.2. The Bertz CT molecular complexity index is 423. The van der Waals surface area contributed by atoms with Crippen molar-refractivity contribution >= 4 is 35.6 Å². The molecular weight excluding hydrogens is 278 g/mol. The molecule has 0 saturated carbocycles. The predicted molar refractivity (Wildman–Crippen MR) is 72.9 cm³/mol. The molecule has 1 aromatic carbocycles. The minimum absolute atomic E-state index is 0. The second kappa shape index (κ2) is 6.92. The summed E-state index contributed by atoms with van der Waals surface area (Å²) in [5.74, 6) is -0.646. The maximum atomic E-state index is 13.2. The minimum atomic E-state index is -0.527. The van der Waals surface area contributed by atoms with E-state index in [4.69, 9.17) is 11.6 Å². The quantitative estimate of drug-likeness (QED) is 0.880. The summed E-state index contributed by atoms with van der Waals surface area (Å²) < 4.78 is 13.2. The molecule has 0 aromatic heterocycles. The largest absolute Gasteiger partial charge is 0.325 e. The lowest BCUT2D eigenvalue weighted by Crippen LogP contribution is -2.43. The average Bonchev–Trinajstić information content (AvgIpc) is 2.35. The molecule has 100 valence electrons. The van der Waals surface area contributed by atoms with Gasteiger partial charge in [-0.2, -0.15) is 0 Å². The van der Waals surface area contributed by atoms with Crippen molar-refractivity contribution in [2.45, 2.75) is 25.3 Å². The Morgan fingerprint density at radius 3 is 2.83 bits per heavy atom. The second-order valence-electron chi connectivity index (χ2n) is 4.12. The van der Waals surface area contributed by atoms with E-state index in [0.717, 1.165) is 25.8 Å². The molecule has 1 aromatic rings. The second-order valence-corrected chi connectivity index (χ2v) is 4.53. The standard InChI is InChI=1S/C12H14ClFN2O.ClH/c13-9-5-4-8(7-10(9)14)16-12(17)11-3-1-2-6-15-11;/h4-5,7,11,15H,1-3,6H2,(H,16,17);1H. The van der Waals surface area contributed by atoms with Gasteiger partial charge >= 0.3 is 0 Å². The highest BCUT2D eigenvalue weighted by atomic mass is 35.5. The van der Waals surface area contributed by atoms with Crippen molar-refractivity contribution in [3.05, 3.63) is 29.0 Å². The Morgan fingerprint density at radius 2 is 2.22 bits per heavy atom. The molecule has 1 atom stereocenters. The van der Waals surface area contributed by atoms with Crippen molar-refractivity contribution in [3.63, 3.8) is 0 Å². The summed E-state index contributed by atoms with van der Waals surface area (Å²) in [4.78, 5) is 11.8. The van der Waals surface area contributed by atoms with E-state index in [2.05, 4.69) is 10.6 Å². The fourth-order valence-corrected chi connectivity index (χ4v) is 2.00. The van der Waals surface area contributed by atoms with Crippen molar-refractivity contribution < 1.29 is 9.18 Å². The fraction of sp³-hybridized carbons (Fsp3) is 0.417. The van der Waals surface area contributed by atoms with Crippen molar-refractivity contribution in [1.82, 2.24) is 5.32 Å². The number of amides is 1. The summed E-state index contributed by atoms with van der Waals surface area (Å²) in [6, 6.07) is 4.07. The van der Waals surface area contributed by atoms with Crippen LogP contribution in [0.25, 0.3) is 0 Å². The number of nitrogens with one attached hydrogen (secondary N) is 2. The van der Waals surface area contributed by atoms with Crippen molar-refractivity contribution in [3.8, 4) is 0 Å². The first-order chi connectivity index (χ1) is 8.16. The van der Waals surface area contributed by atoms with Gasteiger partial charge in [0.25, 0.3) is 0 Å². The molecule has 1 fully saturated rings. The van der Waals surface area contributed by atoms with Gasteiger partial charge in [-0.05, 0) is 37.6 Å². The van der Waals surface area contributed by atoms with E-state index < -0.39 is 5.82 Å². The fourth-order valence-electron chi connectivity index (χ4n) is 1.88. The van der Waals surface area contributed by atoms with Crippen molar-refractivity contribution in [2.75, 3.05) is 11.9 Å². The highest BCUT2D eigenvalue weighted by Crippen LogP contribution is 2.19. The number of piperidine rings is 1. The third-order valence-electron chi connectivity index (χ3n) is 2.81. The Kier molecular flexibility index (Phi) is 5.85. The molecule has 3 nitrogen and oxygen atoms in total. The summed E-state index contributed by atoms with van der Waals surface area (Å²) >= 11 is 5.57. The van der Waals surface area contributed by atoms with Gasteiger partial charge in [0.1, 0.15) is 5.82 Å². The van der Waals surface area contributed by atoms with Crippen LogP contribution < -0.4 is 10.6 Å². The van der Waals surface area contributed by atoms with Gasteiger partial charge in [0.05, 0.1) is 11.1 Å². The number of hydrogen-bond acceptors (Lipinski definition) is 2. The van der Waals surface area contributed by atoms with Gasteiger partial charge in [-0.1, -0.05) is 18.0 Å². The molecule has 1 amide bonds. The molecule has 6 heteroatoms. The number of rotatable bonds is 2. The summed E-state index contributed by atoms with van der Waals surface area (Å²) in [7, 11) is 0. The molecule has 0 bridgehead atoms. The van der Waals surface area contributed by atoms with Crippen molar-refractivity contribution in [1.29, 1.82) is 0 Å². The Hall–Kier alpha value is -0.840. The zero-order chi connectivity index (χ0) is 12.3. The zero-order valence-corrected chi connectivity index (χ0v) is 11.3. The van der Waals surface area contributed by atoms with Crippen LogP contribution in [0.2, 0.25) is 5.02 Å². The third-order valence-corrected chi connectivity index (χ3v) is 3.12. The number of anilines is 1. The molecule has 1 aliphatic heterocycles. The molecule has 2 N–H and O–H groups in total. The van der Waals surface area contributed by atoms with E-state index in [1.807, 2.05) is 0 Å². The highest BCUT2D eigenvalue weighted by molar-refractivity contribution is 6.30. The molecule has 1 unspecified atom stereocenters. The number of halogens is 3. The normalized spacial score (nSPS) is 18.9. The van der Waals surface area contributed by atoms with Gasteiger partial charge in [0.15, 0.2) is 0 Å². The molecule has 0 spiro atoms. The van der Waals surface area contributed by atoms with Crippen LogP contribution in [0.3, 0.4) is 0 Å². The molecule has 0 aliphatic carbocycles. The predicted octanol–water partition coefficient (Wildman–Crippen LogP) is 2.98. The van der Waals surface area contributed by atoms with Crippen LogP contribution in [0.5, 0.6) is 0 Å². The van der Waals surface area contributed by atoms with Gasteiger partial charge in [-0.15, -0.1) is 12.4 Å². The maximum Gasteiger partial charge on any atom is 0.241 e. The summed E-state index contributed by atoms with van der Waals surface area (Å²) in [5, 5.41) is 5.87. The number of carbonyl (C=O) groups excluding carboxylic acids is 1. The minimum Gasteiger partial charge on any atom is -0.325 e. The molecule has 1 saturated heterocycles. The monoisotopic (exact) mass is 292 g/mol. The molecule has 18 heavy (non-hydrogen) atoms. The summed E-state index contributed by atoms with van der Waals surface area (Å²) in [5.41, 5.74) is 0.435. The topological polar surface area (TPSA) is 41.1 Å². The van der Waals surface area contributed by atoms with Crippen LogP contribution in [0.15, 0.2) is 18.2 Å². The van der Waals surface area contributed by atoms with Crippen molar-refractivity contribution in [2.24, 2.45) is 0 Å². The summed E-state index contributed by atoms with van der Waals surface area (Å²) in [6.45, 7) is 0.854. The van der Waals surface area contributed by atoms with Crippen LogP contribution in [-0.4, -0.2) is 18.5 Å². The van der Waals surface area contributed by atoms with E-state index >= 15 is 0 Å². The first-order valence-corrected chi connectivity index (χ1v) is 6.04. The number of hydrogen-bond donors (Lipinski definition) is 2. The average molecular weight is 293 g/mol. The van der Waals surface area contributed by atoms with E-state index in [1.165, 1.54) is 12.1 Å². The number of carbonyl (C=O) groups is 1. The first-order valence-electron chi connectivity index (χ1n) is 5.66. The van der Waals surface area contributed by atoms with Gasteiger partial charge in [0.2, 0.25) is 5.91 Å². The van der Waals surface area contributed by atoms with Crippen LogP contribution in [-0.2, 0) is 4.79 Å². The van der Waals surface area contributed by atoms with Crippen LogP contribution >= 0.6 is 24.0 Å². The van der Waals surface area contributed by atoms with E-state index in [1.54, 1.807) is 6.07 Å². The van der Waals surface area contributed by atoms with E-state index in [-0.39, 0.29) is 29.4 Å². The smallest absolute Gasteiger partial charge is 0.241 e.